The molecule has 1 heteroatoms. The summed E-state index contributed by atoms with van der Waals surface area (Å²) in [4.78, 5) is 0. The average molecular weight is 663 g/mol. The zero-order valence-corrected chi connectivity index (χ0v) is 29.1. The monoisotopic (exact) mass is 662 g/mol. The first-order valence-corrected chi connectivity index (χ1v) is 18.2. The normalized spacial score (nSPS) is 13.3. The van der Waals surface area contributed by atoms with E-state index in [1.165, 1.54) is 93.3 Å². The van der Waals surface area contributed by atoms with E-state index in [9.17, 15) is 0 Å². The molecule has 0 radical (unpaired) electrons. The molecular weight excluding hydrogens is 629 g/mol. The summed E-state index contributed by atoms with van der Waals surface area (Å²) in [5.41, 5.74) is 14.3. The minimum Gasteiger partial charge on any atom is -0.455 e. The van der Waals surface area contributed by atoms with Gasteiger partial charge in [0.05, 0.1) is 0 Å². The molecule has 0 amide bonds. The molecule has 1 aliphatic carbocycles. The van der Waals surface area contributed by atoms with Crippen LogP contribution in [-0.4, -0.2) is 0 Å². The minimum atomic E-state index is -0.165. The molecular formula is C51H34O. The highest BCUT2D eigenvalue weighted by Gasteiger charge is 2.39. The van der Waals surface area contributed by atoms with E-state index in [-0.39, 0.29) is 5.41 Å². The van der Waals surface area contributed by atoms with E-state index in [1.807, 2.05) is 0 Å². The third kappa shape index (κ3) is 4.05. The van der Waals surface area contributed by atoms with Gasteiger partial charge >= 0.3 is 0 Å². The molecule has 0 aliphatic heterocycles. The van der Waals surface area contributed by atoms with Gasteiger partial charge in [-0.25, -0.2) is 0 Å². The van der Waals surface area contributed by atoms with Crippen molar-refractivity contribution in [2.45, 2.75) is 19.3 Å². The predicted molar refractivity (Wildman–Crippen MR) is 220 cm³/mol. The molecule has 0 unspecified atom stereocenters. The van der Waals surface area contributed by atoms with Crippen LogP contribution < -0.4 is 0 Å². The predicted octanol–water partition coefficient (Wildman–Crippen LogP) is 14.4. The van der Waals surface area contributed by atoms with Crippen molar-refractivity contribution in [1.29, 1.82) is 0 Å². The molecule has 1 aliphatic rings. The number of furan rings is 1. The van der Waals surface area contributed by atoms with Crippen LogP contribution in [0, 0.1) is 0 Å². The third-order valence-electron chi connectivity index (χ3n) is 11.6. The maximum atomic E-state index is 6.95. The average Bonchev–Trinajstić information content (AvgIpc) is 3.68. The number of hydrogen-bond acceptors (Lipinski definition) is 1. The van der Waals surface area contributed by atoms with Crippen molar-refractivity contribution in [3.63, 3.8) is 0 Å². The van der Waals surface area contributed by atoms with Gasteiger partial charge in [-0.15, -0.1) is 0 Å². The summed E-state index contributed by atoms with van der Waals surface area (Å²) in [6, 6.07) is 62.3. The summed E-state index contributed by atoms with van der Waals surface area (Å²) in [6.45, 7) is 4.74. The van der Waals surface area contributed by atoms with Crippen molar-refractivity contribution in [3.05, 3.63) is 181 Å². The molecule has 52 heavy (non-hydrogen) atoms. The van der Waals surface area contributed by atoms with E-state index in [2.05, 4.69) is 184 Å². The summed E-state index contributed by atoms with van der Waals surface area (Å²) >= 11 is 0. The second-order valence-electron chi connectivity index (χ2n) is 14.8. The summed E-state index contributed by atoms with van der Waals surface area (Å²) < 4.78 is 6.95. The molecule has 0 N–H and O–H groups in total. The van der Waals surface area contributed by atoms with Crippen LogP contribution in [-0.2, 0) is 5.41 Å². The molecule has 0 spiro atoms. The Morgan fingerprint density at radius 3 is 1.73 bits per heavy atom. The number of fused-ring (bicyclic) bond motifs is 9. The summed E-state index contributed by atoms with van der Waals surface area (Å²) in [5, 5.41) is 9.76. The van der Waals surface area contributed by atoms with Crippen molar-refractivity contribution >= 4 is 54.3 Å². The van der Waals surface area contributed by atoms with E-state index in [4.69, 9.17) is 4.42 Å². The van der Waals surface area contributed by atoms with E-state index < -0.39 is 0 Å². The molecule has 0 saturated carbocycles. The van der Waals surface area contributed by atoms with Crippen LogP contribution in [0.2, 0.25) is 0 Å². The lowest BCUT2D eigenvalue weighted by molar-refractivity contribution is 0.658. The van der Waals surface area contributed by atoms with Gasteiger partial charge in [-0.3, -0.25) is 0 Å². The van der Waals surface area contributed by atoms with Crippen molar-refractivity contribution in [2.75, 3.05) is 0 Å². The van der Waals surface area contributed by atoms with Gasteiger partial charge in [0.15, 0.2) is 0 Å². The second kappa shape index (κ2) is 10.8. The van der Waals surface area contributed by atoms with Crippen molar-refractivity contribution in [3.8, 4) is 44.5 Å². The highest BCUT2D eigenvalue weighted by Crippen LogP contribution is 2.57. The Hall–Kier alpha value is -6.44. The SMILES string of the molecule is CC1(C)c2ccccc2-c2c1cc1c(oc3ccccc31)c2-c1c2ccccc2c(-c2cccc(-c3ccc4ccccc4c3)c2)c2ccccc12. The molecule has 11 rings (SSSR count). The largest absolute Gasteiger partial charge is 0.455 e. The standard InChI is InChI=1S/C51H34O/c1-51(2)43-24-11-9-23-41(43)48-44(51)30-42-36-18-10-12-25-45(36)52-50(42)49(48)47-39-21-7-5-19-37(39)46(38-20-6-8-22-40(38)47)35-17-13-16-33(29-35)34-27-26-31-14-3-4-15-32(31)28-34/h3-30H,1-2H3. The highest BCUT2D eigenvalue weighted by molar-refractivity contribution is 6.27. The van der Waals surface area contributed by atoms with Crippen LogP contribution in [0.15, 0.2) is 174 Å². The van der Waals surface area contributed by atoms with Gasteiger partial charge in [0, 0.05) is 27.3 Å². The number of para-hydroxylation sites is 1. The number of rotatable bonds is 3. The van der Waals surface area contributed by atoms with Crippen LogP contribution in [0.3, 0.4) is 0 Å². The lowest BCUT2D eigenvalue weighted by atomic mass is 9.79. The summed E-state index contributed by atoms with van der Waals surface area (Å²) in [6.07, 6.45) is 0. The van der Waals surface area contributed by atoms with Gasteiger partial charge in [0.25, 0.3) is 0 Å². The maximum Gasteiger partial charge on any atom is 0.143 e. The Labute approximate surface area is 302 Å². The fourth-order valence-corrected chi connectivity index (χ4v) is 9.19. The molecule has 1 aromatic heterocycles. The van der Waals surface area contributed by atoms with Gasteiger partial charge in [0.2, 0.25) is 0 Å². The summed E-state index contributed by atoms with van der Waals surface area (Å²) in [5.74, 6) is 0. The number of benzene rings is 9. The molecule has 0 bridgehead atoms. The van der Waals surface area contributed by atoms with Gasteiger partial charge in [-0.2, -0.15) is 0 Å². The van der Waals surface area contributed by atoms with Crippen molar-refractivity contribution in [2.24, 2.45) is 0 Å². The zero-order valence-electron chi connectivity index (χ0n) is 29.1. The van der Waals surface area contributed by atoms with Crippen molar-refractivity contribution in [1.82, 2.24) is 0 Å². The Balaban J connectivity index is 1.26. The van der Waals surface area contributed by atoms with E-state index in [1.54, 1.807) is 0 Å². The first kappa shape index (κ1) is 29.3. The Kier molecular flexibility index (Phi) is 6.08. The van der Waals surface area contributed by atoms with E-state index in [0.29, 0.717) is 0 Å². The molecule has 244 valence electrons. The quantitative estimate of drug-likeness (QED) is 0.172. The number of hydrogen-bond donors (Lipinski definition) is 0. The van der Waals surface area contributed by atoms with Gasteiger partial charge in [0.1, 0.15) is 11.2 Å². The van der Waals surface area contributed by atoms with Gasteiger partial charge in [-0.1, -0.05) is 159 Å². The first-order valence-electron chi connectivity index (χ1n) is 18.2. The molecule has 1 nitrogen and oxygen atoms in total. The maximum absolute atomic E-state index is 6.95. The lowest BCUT2D eigenvalue weighted by Crippen LogP contribution is -2.14. The highest BCUT2D eigenvalue weighted by atomic mass is 16.3. The Morgan fingerprint density at radius 2 is 0.962 bits per heavy atom. The first-order chi connectivity index (χ1) is 25.6. The molecule has 1 heterocycles. The third-order valence-corrected chi connectivity index (χ3v) is 11.6. The Morgan fingerprint density at radius 1 is 0.365 bits per heavy atom. The molecule has 9 aromatic carbocycles. The Bertz CT molecular complexity index is 3040. The van der Waals surface area contributed by atoms with Gasteiger partial charge in [-0.05, 0) is 101 Å². The summed E-state index contributed by atoms with van der Waals surface area (Å²) in [7, 11) is 0. The zero-order chi connectivity index (χ0) is 34.6. The minimum absolute atomic E-state index is 0.165. The van der Waals surface area contributed by atoms with Crippen LogP contribution in [0.4, 0.5) is 0 Å². The van der Waals surface area contributed by atoms with E-state index in [0.717, 1.165) is 16.6 Å². The smallest absolute Gasteiger partial charge is 0.143 e. The molecule has 0 fully saturated rings. The molecule has 0 atom stereocenters. The van der Waals surface area contributed by atoms with Crippen LogP contribution >= 0.6 is 0 Å². The van der Waals surface area contributed by atoms with Crippen molar-refractivity contribution < 1.29 is 4.42 Å². The lowest BCUT2D eigenvalue weighted by Gasteiger charge is -2.23. The molecule has 10 aromatic rings. The van der Waals surface area contributed by atoms with Crippen LogP contribution in [0.25, 0.3) is 98.8 Å². The fraction of sp³-hybridized carbons (Fsp3) is 0.0588. The topological polar surface area (TPSA) is 13.1 Å². The van der Waals surface area contributed by atoms with Gasteiger partial charge < -0.3 is 4.42 Å². The van der Waals surface area contributed by atoms with E-state index >= 15 is 0 Å². The second-order valence-corrected chi connectivity index (χ2v) is 14.8. The fourth-order valence-electron chi connectivity index (χ4n) is 9.19. The van der Waals surface area contributed by atoms with Crippen LogP contribution in [0.5, 0.6) is 0 Å². The molecule has 0 saturated heterocycles. The van der Waals surface area contributed by atoms with Crippen LogP contribution in [0.1, 0.15) is 25.0 Å².